The fourth-order valence-electron chi connectivity index (χ4n) is 5.93. The Bertz CT molecular complexity index is 1890. The molecule has 13 heteroatoms. The van der Waals surface area contributed by atoms with Crippen molar-refractivity contribution in [1.29, 1.82) is 5.26 Å². The van der Waals surface area contributed by atoms with Crippen LogP contribution in [0.4, 0.5) is 22.4 Å². The van der Waals surface area contributed by atoms with Crippen LogP contribution < -0.4 is 20.9 Å². The molecule has 1 aromatic carbocycles. The summed E-state index contributed by atoms with van der Waals surface area (Å²) in [6.45, 7) is 7.20. The quantitative estimate of drug-likeness (QED) is 0.143. The minimum Gasteiger partial charge on any atom is -0.363 e. The van der Waals surface area contributed by atoms with Crippen molar-refractivity contribution >= 4 is 23.6 Å². The predicted octanol–water partition coefficient (Wildman–Crippen LogP) is 5.92. The standard InChI is InChI=1S/C36H42N12O/c1-36(2,3)31-16-29(45-46-31)22-39-33-26(17-37)20-40-34(44-33)43-28-11-13-30(14-12-28)48(35(49)41-18-24-8-6-5-7-9-24)32-15-10-25(19-38-32)27-21-42-47(4)23-27/h5-10,15-16,19-21,23,28,30H,11-14,18,22H2,1-4H3,(H,41,49)(H,45,46)(H2,39,40,43,44)/t28-,30-. The van der Waals surface area contributed by atoms with Crippen LogP contribution in [0.3, 0.4) is 0 Å². The number of rotatable bonds is 10. The van der Waals surface area contributed by atoms with Crippen molar-refractivity contribution in [2.75, 3.05) is 15.5 Å². The molecule has 6 rings (SSSR count). The maximum Gasteiger partial charge on any atom is 0.323 e. The number of H-pyrrole nitrogens is 1. The van der Waals surface area contributed by atoms with Gasteiger partial charge in [0.25, 0.3) is 0 Å². The predicted molar refractivity (Wildman–Crippen MR) is 189 cm³/mol. The van der Waals surface area contributed by atoms with Gasteiger partial charge >= 0.3 is 6.03 Å². The molecule has 0 aliphatic heterocycles. The summed E-state index contributed by atoms with van der Waals surface area (Å²) in [6.07, 6.45) is 10.2. The highest BCUT2D eigenvalue weighted by Crippen LogP contribution is 2.30. The van der Waals surface area contributed by atoms with Gasteiger partial charge in [-0.25, -0.2) is 14.8 Å². The molecule has 1 aliphatic rings. The number of aromatic amines is 1. The van der Waals surface area contributed by atoms with E-state index in [1.807, 2.05) is 61.8 Å². The average molecular weight is 659 g/mol. The zero-order valence-electron chi connectivity index (χ0n) is 28.3. The molecular weight excluding hydrogens is 616 g/mol. The molecule has 0 bridgehead atoms. The van der Waals surface area contributed by atoms with E-state index in [4.69, 9.17) is 4.98 Å². The second kappa shape index (κ2) is 14.6. The Morgan fingerprint density at radius 1 is 1.02 bits per heavy atom. The molecule has 252 valence electrons. The fourth-order valence-corrected chi connectivity index (χ4v) is 5.93. The molecule has 49 heavy (non-hydrogen) atoms. The summed E-state index contributed by atoms with van der Waals surface area (Å²) in [5.41, 5.74) is 5.09. The highest BCUT2D eigenvalue weighted by Gasteiger charge is 2.31. The Kier molecular flexibility index (Phi) is 9.84. The number of carbonyl (C=O) groups is 1. The SMILES string of the molecule is Cn1cc(-c2ccc(N(C(=O)NCc3ccccc3)[C@H]3CC[C@H](Nc4ncc(C#N)c(NCc5cc(C(C)(C)C)n[nH]5)n4)CC3)nc2)cn1. The summed E-state index contributed by atoms with van der Waals surface area (Å²) in [6, 6.07) is 17.8. The Balaban J connectivity index is 1.12. The van der Waals surface area contributed by atoms with E-state index >= 15 is 0 Å². The van der Waals surface area contributed by atoms with E-state index in [0.717, 1.165) is 53.8 Å². The largest absolute Gasteiger partial charge is 0.363 e. The number of hydrogen-bond acceptors (Lipinski definition) is 9. The number of amides is 2. The van der Waals surface area contributed by atoms with Crippen LogP contribution in [-0.2, 0) is 25.6 Å². The van der Waals surface area contributed by atoms with Gasteiger partial charge in [-0.1, -0.05) is 51.1 Å². The lowest BCUT2D eigenvalue weighted by molar-refractivity contribution is 0.240. The molecule has 13 nitrogen and oxygen atoms in total. The maximum absolute atomic E-state index is 13.7. The van der Waals surface area contributed by atoms with Crippen molar-refractivity contribution in [3.63, 3.8) is 0 Å². The molecule has 0 radical (unpaired) electrons. The van der Waals surface area contributed by atoms with Gasteiger partial charge in [-0.05, 0) is 49.4 Å². The maximum atomic E-state index is 13.7. The third-order valence-corrected chi connectivity index (χ3v) is 8.69. The zero-order valence-corrected chi connectivity index (χ0v) is 28.3. The average Bonchev–Trinajstić information content (AvgIpc) is 3.78. The molecule has 1 aliphatic carbocycles. The number of anilines is 3. The lowest BCUT2D eigenvalue weighted by atomic mass is 9.90. The Labute approximate surface area is 286 Å². The molecule has 0 unspecified atom stereocenters. The number of nitriles is 1. The van der Waals surface area contributed by atoms with Crippen molar-refractivity contribution < 1.29 is 4.79 Å². The van der Waals surface area contributed by atoms with E-state index in [-0.39, 0.29) is 23.5 Å². The summed E-state index contributed by atoms with van der Waals surface area (Å²) in [5.74, 6) is 1.52. The van der Waals surface area contributed by atoms with Gasteiger partial charge < -0.3 is 16.0 Å². The molecule has 5 aromatic rings. The zero-order chi connectivity index (χ0) is 34.4. The number of nitrogens with one attached hydrogen (secondary N) is 4. The monoisotopic (exact) mass is 658 g/mol. The van der Waals surface area contributed by atoms with E-state index in [0.29, 0.717) is 36.2 Å². The van der Waals surface area contributed by atoms with Crippen LogP contribution in [0.5, 0.6) is 0 Å². The van der Waals surface area contributed by atoms with Crippen molar-refractivity contribution in [3.8, 4) is 17.2 Å². The lowest BCUT2D eigenvalue weighted by Gasteiger charge is -2.36. The van der Waals surface area contributed by atoms with Crippen molar-refractivity contribution in [2.24, 2.45) is 7.05 Å². The first kappa shape index (κ1) is 33.1. The third-order valence-electron chi connectivity index (χ3n) is 8.69. The van der Waals surface area contributed by atoms with Gasteiger partial charge in [0.05, 0.1) is 30.3 Å². The first-order valence-electron chi connectivity index (χ1n) is 16.5. The van der Waals surface area contributed by atoms with E-state index in [2.05, 4.69) is 68.1 Å². The number of benzene rings is 1. The Morgan fingerprint density at radius 2 is 1.82 bits per heavy atom. The number of hydrogen-bond donors (Lipinski definition) is 4. The highest BCUT2D eigenvalue weighted by atomic mass is 16.2. The fraction of sp³-hybridized carbons (Fsp3) is 0.361. The van der Waals surface area contributed by atoms with Crippen LogP contribution in [0, 0.1) is 11.3 Å². The highest BCUT2D eigenvalue weighted by molar-refractivity contribution is 5.91. The Morgan fingerprint density at radius 3 is 2.47 bits per heavy atom. The van der Waals surface area contributed by atoms with Gasteiger partial charge in [-0.2, -0.15) is 20.4 Å². The van der Waals surface area contributed by atoms with Gasteiger partial charge in [0.1, 0.15) is 23.3 Å². The summed E-state index contributed by atoms with van der Waals surface area (Å²) in [7, 11) is 1.88. The number of urea groups is 1. The molecule has 1 saturated carbocycles. The molecule has 1 fully saturated rings. The molecule has 4 heterocycles. The summed E-state index contributed by atoms with van der Waals surface area (Å²) < 4.78 is 1.75. The summed E-state index contributed by atoms with van der Waals surface area (Å²) >= 11 is 0. The van der Waals surface area contributed by atoms with Crippen molar-refractivity contribution in [2.45, 2.75) is 77.0 Å². The molecule has 4 N–H and O–H groups in total. The minimum absolute atomic E-state index is 0.0444. The third kappa shape index (κ3) is 8.21. The topological polar surface area (TPSA) is 165 Å². The van der Waals surface area contributed by atoms with Gasteiger partial charge in [-0.15, -0.1) is 0 Å². The number of carbonyl (C=O) groups excluding carboxylic acids is 1. The van der Waals surface area contributed by atoms with E-state index in [9.17, 15) is 10.1 Å². The van der Waals surface area contributed by atoms with E-state index in [1.165, 1.54) is 6.20 Å². The van der Waals surface area contributed by atoms with E-state index in [1.54, 1.807) is 22.0 Å². The van der Waals surface area contributed by atoms with Gasteiger partial charge in [-0.3, -0.25) is 14.7 Å². The van der Waals surface area contributed by atoms with Crippen LogP contribution in [0.2, 0.25) is 0 Å². The normalized spacial score (nSPS) is 16.1. The van der Waals surface area contributed by atoms with Crippen LogP contribution in [0.25, 0.3) is 11.1 Å². The second-order valence-electron chi connectivity index (χ2n) is 13.4. The molecule has 0 atom stereocenters. The number of aryl methyl sites for hydroxylation is 1. The molecular formula is C36H42N12O. The summed E-state index contributed by atoms with van der Waals surface area (Å²) in [5, 5.41) is 31.3. The van der Waals surface area contributed by atoms with E-state index < -0.39 is 0 Å². The second-order valence-corrected chi connectivity index (χ2v) is 13.4. The first-order valence-corrected chi connectivity index (χ1v) is 16.5. The lowest BCUT2D eigenvalue weighted by Crippen LogP contribution is -2.49. The Hall–Kier alpha value is -5.77. The molecule has 0 saturated heterocycles. The minimum atomic E-state index is -0.181. The smallest absolute Gasteiger partial charge is 0.323 e. The number of pyridine rings is 1. The van der Waals surface area contributed by atoms with Gasteiger partial charge in [0, 0.05) is 54.6 Å². The molecule has 0 spiro atoms. The van der Waals surface area contributed by atoms with Crippen molar-refractivity contribution in [1.82, 2.24) is 40.2 Å². The molecule has 2 amide bonds. The summed E-state index contributed by atoms with van der Waals surface area (Å²) in [4.78, 5) is 29.3. The first-order chi connectivity index (χ1) is 23.7. The molecule has 4 aromatic heterocycles. The van der Waals surface area contributed by atoms with Crippen LogP contribution in [0.15, 0.2) is 73.3 Å². The number of nitrogens with zero attached hydrogens (tertiary/aromatic N) is 8. The van der Waals surface area contributed by atoms with Crippen LogP contribution >= 0.6 is 0 Å². The van der Waals surface area contributed by atoms with Crippen LogP contribution in [0.1, 0.15) is 69.0 Å². The van der Waals surface area contributed by atoms with Crippen LogP contribution in [-0.4, -0.2) is 53.0 Å². The number of aromatic nitrogens is 7. The van der Waals surface area contributed by atoms with Gasteiger partial charge in [0.15, 0.2) is 0 Å². The van der Waals surface area contributed by atoms with Crippen molar-refractivity contribution in [3.05, 3.63) is 95.8 Å². The van der Waals surface area contributed by atoms with Gasteiger partial charge in [0.2, 0.25) is 5.95 Å².